The lowest BCUT2D eigenvalue weighted by Gasteiger charge is -2.23. The number of thioether (sulfide) groups is 1. The number of nitrogens with zero attached hydrogens (tertiary/aromatic N) is 1. The van der Waals surface area contributed by atoms with E-state index in [2.05, 4.69) is 42.2 Å². The van der Waals surface area contributed by atoms with E-state index >= 15 is 0 Å². The van der Waals surface area contributed by atoms with Crippen molar-refractivity contribution in [1.82, 2.24) is 4.90 Å². The molecule has 1 aromatic carbocycles. The predicted molar refractivity (Wildman–Crippen MR) is 73.4 cm³/mol. The number of likely N-dealkylation sites (tertiary alicyclic amines) is 1. The first-order valence-electron chi connectivity index (χ1n) is 6.35. The van der Waals surface area contributed by atoms with Crippen molar-refractivity contribution < 1.29 is 5.11 Å². The van der Waals surface area contributed by atoms with Crippen LogP contribution in [-0.4, -0.2) is 41.0 Å². The second kappa shape index (κ2) is 6.43. The number of hydrogen-bond acceptors (Lipinski definition) is 3. The van der Waals surface area contributed by atoms with Crippen molar-refractivity contribution in [1.29, 1.82) is 0 Å². The maximum atomic E-state index is 9.51. The number of β-amino-alcohol motifs (C(OH)–C–C–N with tert-alkyl or cyclic N) is 1. The maximum Gasteiger partial charge on any atom is 0.0679 e. The zero-order valence-electron chi connectivity index (χ0n) is 10.4. The van der Waals surface area contributed by atoms with Crippen LogP contribution in [0, 0.1) is 0 Å². The monoisotopic (exact) mass is 251 g/mol. The van der Waals surface area contributed by atoms with E-state index in [0.717, 1.165) is 25.3 Å². The minimum atomic E-state index is -0.0979. The smallest absolute Gasteiger partial charge is 0.0679 e. The molecule has 1 aliphatic heterocycles. The first-order valence-corrected chi connectivity index (χ1v) is 7.34. The van der Waals surface area contributed by atoms with Crippen LogP contribution >= 0.6 is 11.8 Å². The third-order valence-corrected chi connectivity index (χ3v) is 4.41. The summed E-state index contributed by atoms with van der Waals surface area (Å²) in [6.45, 7) is 4.18. The Morgan fingerprint density at radius 2 is 2.18 bits per heavy atom. The van der Waals surface area contributed by atoms with Crippen LogP contribution in [0.25, 0.3) is 0 Å². The van der Waals surface area contributed by atoms with Gasteiger partial charge in [-0.2, -0.15) is 0 Å². The molecule has 1 unspecified atom stereocenters. The summed E-state index contributed by atoms with van der Waals surface area (Å²) >= 11 is 1.92. The summed E-state index contributed by atoms with van der Waals surface area (Å²) in [5, 5.41) is 9.51. The van der Waals surface area contributed by atoms with Crippen molar-refractivity contribution in [2.24, 2.45) is 0 Å². The molecule has 2 rings (SSSR count). The summed E-state index contributed by atoms with van der Waals surface area (Å²) in [5.41, 5.74) is 0. The van der Waals surface area contributed by atoms with Crippen molar-refractivity contribution in [2.75, 3.05) is 18.8 Å². The van der Waals surface area contributed by atoms with Crippen molar-refractivity contribution in [2.45, 2.75) is 36.8 Å². The van der Waals surface area contributed by atoms with E-state index in [1.165, 1.54) is 11.3 Å². The largest absolute Gasteiger partial charge is 0.392 e. The third kappa shape index (κ3) is 4.02. The molecule has 1 saturated heterocycles. The topological polar surface area (TPSA) is 23.5 Å². The van der Waals surface area contributed by atoms with Crippen molar-refractivity contribution >= 4 is 11.8 Å². The summed E-state index contributed by atoms with van der Waals surface area (Å²) in [6.07, 6.45) is 2.03. The van der Waals surface area contributed by atoms with E-state index in [9.17, 15) is 5.11 Å². The molecular weight excluding hydrogens is 230 g/mol. The van der Waals surface area contributed by atoms with Crippen LogP contribution in [0.15, 0.2) is 35.2 Å². The van der Waals surface area contributed by atoms with Crippen LogP contribution < -0.4 is 0 Å². The Bertz CT molecular complexity index is 330. The number of aliphatic hydroxyl groups excluding tert-OH is 1. The minimum Gasteiger partial charge on any atom is -0.392 e. The SMILES string of the molecule is CC(CCSc1ccccc1)N1CC[C@H](O)C1. The molecule has 0 bridgehead atoms. The highest BCUT2D eigenvalue weighted by atomic mass is 32.2. The van der Waals surface area contributed by atoms with Gasteiger partial charge in [-0.25, -0.2) is 0 Å². The summed E-state index contributed by atoms with van der Waals surface area (Å²) < 4.78 is 0. The Kier molecular flexibility index (Phi) is 4.89. The van der Waals surface area contributed by atoms with Crippen LogP contribution in [0.4, 0.5) is 0 Å². The van der Waals surface area contributed by atoms with Crippen LogP contribution in [0.1, 0.15) is 19.8 Å². The van der Waals surface area contributed by atoms with Gasteiger partial charge in [0, 0.05) is 24.0 Å². The fraction of sp³-hybridized carbons (Fsp3) is 0.571. The van der Waals surface area contributed by atoms with Gasteiger partial charge < -0.3 is 5.11 Å². The fourth-order valence-corrected chi connectivity index (χ4v) is 3.26. The van der Waals surface area contributed by atoms with Crippen LogP contribution in [0.2, 0.25) is 0 Å². The molecule has 1 N–H and O–H groups in total. The molecule has 1 aromatic rings. The lowest BCUT2D eigenvalue weighted by atomic mass is 10.2. The predicted octanol–water partition coefficient (Wildman–Crippen LogP) is 2.62. The second-order valence-electron chi connectivity index (χ2n) is 4.74. The molecular formula is C14H21NOS. The molecule has 1 aliphatic rings. The lowest BCUT2D eigenvalue weighted by molar-refractivity contribution is 0.162. The van der Waals surface area contributed by atoms with Gasteiger partial charge in [-0.05, 0) is 37.7 Å². The summed E-state index contributed by atoms with van der Waals surface area (Å²) in [7, 11) is 0. The van der Waals surface area contributed by atoms with Gasteiger partial charge in [0.05, 0.1) is 6.10 Å². The van der Waals surface area contributed by atoms with E-state index in [1.807, 2.05) is 11.8 Å². The zero-order chi connectivity index (χ0) is 12.1. The normalized spacial score (nSPS) is 22.8. The van der Waals surface area contributed by atoms with Gasteiger partial charge in [-0.1, -0.05) is 18.2 Å². The number of aliphatic hydroxyl groups is 1. The molecule has 2 nitrogen and oxygen atoms in total. The number of rotatable bonds is 5. The molecule has 2 atom stereocenters. The second-order valence-corrected chi connectivity index (χ2v) is 5.90. The Hall–Kier alpha value is -0.510. The quantitative estimate of drug-likeness (QED) is 0.814. The van der Waals surface area contributed by atoms with Gasteiger partial charge in [0.25, 0.3) is 0 Å². The average Bonchev–Trinajstić information content (AvgIpc) is 2.77. The first kappa shape index (κ1) is 12.9. The fourth-order valence-electron chi connectivity index (χ4n) is 2.22. The van der Waals surface area contributed by atoms with Crippen molar-refractivity contribution in [3.8, 4) is 0 Å². The summed E-state index contributed by atoms with van der Waals surface area (Å²) in [4.78, 5) is 3.75. The standard InChI is InChI=1S/C14H21NOS/c1-12(15-9-7-13(16)11-15)8-10-17-14-5-3-2-4-6-14/h2-6,12-13,16H,7-11H2,1H3/t12?,13-/m0/s1. The van der Waals surface area contributed by atoms with Gasteiger partial charge in [0.1, 0.15) is 0 Å². The highest BCUT2D eigenvalue weighted by Gasteiger charge is 2.23. The van der Waals surface area contributed by atoms with E-state index < -0.39 is 0 Å². The Labute approximate surface area is 108 Å². The molecule has 0 amide bonds. The molecule has 0 spiro atoms. The van der Waals surface area contributed by atoms with Crippen molar-refractivity contribution in [3.05, 3.63) is 30.3 Å². The minimum absolute atomic E-state index is 0.0979. The first-order chi connectivity index (χ1) is 8.25. The van der Waals surface area contributed by atoms with E-state index in [4.69, 9.17) is 0 Å². The molecule has 1 fully saturated rings. The van der Waals surface area contributed by atoms with E-state index in [-0.39, 0.29) is 6.10 Å². The molecule has 3 heteroatoms. The van der Waals surface area contributed by atoms with Crippen molar-refractivity contribution in [3.63, 3.8) is 0 Å². The maximum absolute atomic E-state index is 9.51. The highest BCUT2D eigenvalue weighted by molar-refractivity contribution is 7.99. The summed E-state index contributed by atoms with van der Waals surface area (Å²) in [6, 6.07) is 11.1. The van der Waals surface area contributed by atoms with Gasteiger partial charge in [-0.15, -0.1) is 11.8 Å². The van der Waals surface area contributed by atoms with Gasteiger partial charge in [0.15, 0.2) is 0 Å². The molecule has 94 valence electrons. The number of benzene rings is 1. The molecule has 17 heavy (non-hydrogen) atoms. The zero-order valence-corrected chi connectivity index (χ0v) is 11.2. The van der Waals surface area contributed by atoms with Gasteiger partial charge in [-0.3, -0.25) is 4.90 Å². The van der Waals surface area contributed by atoms with Crippen LogP contribution in [0.3, 0.4) is 0 Å². The Balaban J connectivity index is 1.68. The van der Waals surface area contributed by atoms with E-state index in [0.29, 0.717) is 6.04 Å². The molecule has 0 aromatic heterocycles. The van der Waals surface area contributed by atoms with Crippen LogP contribution in [0.5, 0.6) is 0 Å². The lowest BCUT2D eigenvalue weighted by Crippen LogP contribution is -2.32. The third-order valence-electron chi connectivity index (χ3n) is 3.37. The Morgan fingerprint density at radius 1 is 1.41 bits per heavy atom. The molecule has 0 saturated carbocycles. The van der Waals surface area contributed by atoms with Gasteiger partial charge in [0.2, 0.25) is 0 Å². The van der Waals surface area contributed by atoms with E-state index in [1.54, 1.807) is 0 Å². The van der Waals surface area contributed by atoms with Crippen LogP contribution in [-0.2, 0) is 0 Å². The molecule has 0 aliphatic carbocycles. The average molecular weight is 251 g/mol. The number of hydrogen-bond donors (Lipinski definition) is 1. The molecule has 1 heterocycles. The van der Waals surface area contributed by atoms with Gasteiger partial charge >= 0.3 is 0 Å². The highest BCUT2D eigenvalue weighted by Crippen LogP contribution is 2.21. The Morgan fingerprint density at radius 3 is 2.82 bits per heavy atom. The summed E-state index contributed by atoms with van der Waals surface area (Å²) in [5.74, 6) is 1.15. The molecule has 0 radical (unpaired) electrons.